The number of hydrogen-bond acceptors (Lipinski definition) is 3. The summed E-state index contributed by atoms with van der Waals surface area (Å²) < 4.78 is 0. The van der Waals surface area contributed by atoms with Crippen LogP contribution in [0.5, 0.6) is 0 Å². The molecule has 0 heterocycles. The maximum absolute atomic E-state index is 12.0. The summed E-state index contributed by atoms with van der Waals surface area (Å²) >= 11 is 11.9. The summed E-state index contributed by atoms with van der Waals surface area (Å²) in [5, 5.41) is 9.39. The molecule has 0 aliphatic carbocycles. The molecule has 0 unspecified atom stereocenters. The smallest absolute Gasteiger partial charge is 0.251 e. The topological polar surface area (TPSA) is 70.2 Å². The summed E-state index contributed by atoms with van der Waals surface area (Å²) in [7, 11) is 0. The van der Waals surface area contributed by atoms with Gasteiger partial charge in [-0.25, -0.2) is 0 Å². The van der Waals surface area contributed by atoms with E-state index in [9.17, 15) is 9.59 Å². The molecule has 0 fully saturated rings. The fourth-order valence-electron chi connectivity index (χ4n) is 1.98. The van der Waals surface area contributed by atoms with Crippen molar-refractivity contribution >= 4 is 46.4 Å². The van der Waals surface area contributed by atoms with Gasteiger partial charge in [-0.1, -0.05) is 23.2 Å². The minimum Gasteiger partial charge on any atom is -0.375 e. The maximum Gasteiger partial charge on any atom is 0.251 e. The molecule has 0 spiro atoms. The SMILES string of the molecule is CCNC(=O)c1ccc(NC(=O)CNc2cc(Cl)ccc2Cl)cc1. The Labute approximate surface area is 150 Å². The second kappa shape index (κ2) is 8.57. The first kappa shape index (κ1) is 18.1. The molecule has 5 nitrogen and oxygen atoms in total. The van der Waals surface area contributed by atoms with E-state index in [1.165, 1.54) is 0 Å². The quantitative estimate of drug-likeness (QED) is 0.729. The average molecular weight is 366 g/mol. The highest BCUT2D eigenvalue weighted by molar-refractivity contribution is 6.35. The van der Waals surface area contributed by atoms with Crippen molar-refractivity contribution in [2.75, 3.05) is 23.7 Å². The fourth-order valence-corrected chi connectivity index (χ4v) is 2.34. The van der Waals surface area contributed by atoms with Gasteiger partial charge in [0.2, 0.25) is 5.91 Å². The van der Waals surface area contributed by atoms with Crippen molar-refractivity contribution in [3.8, 4) is 0 Å². The van der Waals surface area contributed by atoms with Crippen molar-refractivity contribution in [3.05, 3.63) is 58.1 Å². The standard InChI is InChI=1S/C17H17Cl2N3O2/c1-2-20-17(24)11-3-6-13(7-4-11)22-16(23)10-21-15-9-12(18)5-8-14(15)19/h3-9,21H,2,10H2,1H3,(H,20,24)(H,22,23). The third-order valence-electron chi connectivity index (χ3n) is 3.14. The Morgan fingerprint density at radius 1 is 1.04 bits per heavy atom. The molecule has 2 amide bonds. The Morgan fingerprint density at radius 3 is 2.42 bits per heavy atom. The van der Waals surface area contributed by atoms with Crippen LogP contribution < -0.4 is 16.0 Å². The van der Waals surface area contributed by atoms with Crippen molar-refractivity contribution in [1.29, 1.82) is 0 Å². The van der Waals surface area contributed by atoms with Crippen LogP contribution in [0.25, 0.3) is 0 Å². The van der Waals surface area contributed by atoms with Gasteiger partial charge in [0.25, 0.3) is 5.91 Å². The number of carbonyl (C=O) groups is 2. The van der Waals surface area contributed by atoms with E-state index in [2.05, 4.69) is 16.0 Å². The van der Waals surface area contributed by atoms with Crippen LogP contribution >= 0.6 is 23.2 Å². The van der Waals surface area contributed by atoms with Gasteiger partial charge >= 0.3 is 0 Å². The first-order chi connectivity index (χ1) is 11.5. The van der Waals surface area contributed by atoms with E-state index in [1.54, 1.807) is 42.5 Å². The first-order valence-corrected chi connectivity index (χ1v) is 8.12. The molecule has 0 saturated carbocycles. The van der Waals surface area contributed by atoms with Gasteiger partial charge in [-0.2, -0.15) is 0 Å². The van der Waals surface area contributed by atoms with E-state index >= 15 is 0 Å². The molecular formula is C17H17Cl2N3O2. The van der Waals surface area contributed by atoms with E-state index in [0.717, 1.165) is 0 Å². The Hall–Kier alpha value is -2.24. The van der Waals surface area contributed by atoms with Crippen molar-refractivity contribution in [1.82, 2.24) is 5.32 Å². The fraction of sp³-hybridized carbons (Fsp3) is 0.176. The molecule has 0 saturated heterocycles. The lowest BCUT2D eigenvalue weighted by Gasteiger charge is -2.10. The molecule has 7 heteroatoms. The second-order valence-corrected chi connectivity index (χ2v) is 5.81. The van der Waals surface area contributed by atoms with Gasteiger partial charge in [0.05, 0.1) is 17.3 Å². The van der Waals surface area contributed by atoms with Crippen molar-refractivity contribution in [3.63, 3.8) is 0 Å². The molecular weight excluding hydrogens is 349 g/mol. The Bertz CT molecular complexity index is 733. The minimum absolute atomic E-state index is 0.0398. The number of rotatable bonds is 6. The predicted molar refractivity (Wildman–Crippen MR) is 98.0 cm³/mol. The van der Waals surface area contributed by atoms with Gasteiger partial charge < -0.3 is 16.0 Å². The summed E-state index contributed by atoms with van der Waals surface area (Å²) in [4.78, 5) is 23.6. The number of nitrogens with one attached hydrogen (secondary N) is 3. The van der Waals surface area contributed by atoms with Gasteiger partial charge in [0.15, 0.2) is 0 Å². The summed E-state index contributed by atoms with van der Waals surface area (Å²) in [6, 6.07) is 11.6. The van der Waals surface area contributed by atoms with Crippen molar-refractivity contribution in [2.24, 2.45) is 0 Å². The van der Waals surface area contributed by atoms with Crippen LogP contribution in [0.2, 0.25) is 10.0 Å². The number of hydrogen-bond donors (Lipinski definition) is 3. The van der Waals surface area contributed by atoms with Crippen molar-refractivity contribution < 1.29 is 9.59 Å². The van der Waals surface area contributed by atoms with Crippen LogP contribution in [0, 0.1) is 0 Å². The Morgan fingerprint density at radius 2 is 1.75 bits per heavy atom. The van der Waals surface area contributed by atoms with E-state index in [-0.39, 0.29) is 18.4 Å². The predicted octanol–water partition coefficient (Wildman–Crippen LogP) is 3.79. The summed E-state index contributed by atoms with van der Waals surface area (Å²) in [5.41, 5.74) is 1.73. The van der Waals surface area contributed by atoms with E-state index in [1.807, 2.05) is 6.92 Å². The largest absolute Gasteiger partial charge is 0.375 e. The zero-order valence-electron chi connectivity index (χ0n) is 13.0. The molecule has 0 aromatic heterocycles. The van der Waals surface area contributed by atoms with Gasteiger partial charge in [0.1, 0.15) is 0 Å². The van der Waals surface area contributed by atoms with Gasteiger partial charge in [-0.05, 0) is 49.4 Å². The lowest BCUT2D eigenvalue weighted by molar-refractivity contribution is -0.114. The van der Waals surface area contributed by atoms with E-state index in [0.29, 0.717) is 33.5 Å². The Kier molecular flexibility index (Phi) is 6.46. The molecule has 2 aromatic carbocycles. The van der Waals surface area contributed by atoms with Crippen LogP contribution in [-0.4, -0.2) is 24.9 Å². The van der Waals surface area contributed by atoms with Crippen LogP contribution in [0.1, 0.15) is 17.3 Å². The third kappa shape index (κ3) is 5.15. The number of halogens is 2. The van der Waals surface area contributed by atoms with E-state index < -0.39 is 0 Å². The molecule has 2 aromatic rings. The first-order valence-electron chi connectivity index (χ1n) is 7.36. The molecule has 3 N–H and O–H groups in total. The van der Waals surface area contributed by atoms with E-state index in [4.69, 9.17) is 23.2 Å². The third-order valence-corrected chi connectivity index (χ3v) is 3.70. The van der Waals surface area contributed by atoms with Crippen LogP contribution in [0.15, 0.2) is 42.5 Å². The molecule has 0 radical (unpaired) electrons. The molecule has 0 bridgehead atoms. The normalized spacial score (nSPS) is 10.1. The monoisotopic (exact) mass is 365 g/mol. The molecule has 2 rings (SSSR count). The highest BCUT2D eigenvalue weighted by atomic mass is 35.5. The highest BCUT2D eigenvalue weighted by Gasteiger charge is 2.07. The molecule has 0 aliphatic rings. The van der Waals surface area contributed by atoms with Crippen LogP contribution in [0.3, 0.4) is 0 Å². The molecule has 24 heavy (non-hydrogen) atoms. The van der Waals surface area contributed by atoms with Gasteiger partial charge in [-0.15, -0.1) is 0 Å². The number of benzene rings is 2. The summed E-state index contributed by atoms with van der Waals surface area (Å²) in [6.45, 7) is 2.46. The molecule has 0 atom stereocenters. The second-order valence-electron chi connectivity index (χ2n) is 4.96. The van der Waals surface area contributed by atoms with Gasteiger partial charge in [-0.3, -0.25) is 9.59 Å². The van der Waals surface area contributed by atoms with Crippen molar-refractivity contribution in [2.45, 2.75) is 6.92 Å². The van der Waals surface area contributed by atoms with Gasteiger partial charge in [0, 0.05) is 22.8 Å². The molecule has 0 aliphatic heterocycles. The number of anilines is 2. The number of amides is 2. The maximum atomic E-state index is 12.0. The zero-order valence-corrected chi connectivity index (χ0v) is 14.5. The minimum atomic E-state index is -0.239. The van der Waals surface area contributed by atoms with Crippen LogP contribution in [-0.2, 0) is 4.79 Å². The lowest BCUT2D eigenvalue weighted by Crippen LogP contribution is -2.23. The van der Waals surface area contributed by atoms with Crippen LogP contribution in [0.4, 0.5) is 11.4 Å². The Balaban J connectivity index is 1.90. The summed E-state index contributed by atoms with van der Waals surface area (Å²) in [6.07, 6.45) is 0. The molecule has 126 valence electrons. The lowest BCUT2D eigenvalue weighted by atomic mass is 10.2. The highest BCUT2D eigenvalue weighted by Crippen LogP contribution is 2.25. The average Bonchev–Trinajstić information content (AvgIpc) is 2.56. The number of carbonyl (C=O) groups excluding carboxylic acids is 2. The zero-order chi connectivity index (χ0) is 17.5. The summed E-state index contributed by atoms with van der Waals surface area (Å²) in [5.74, 6) is -0.385.